The quantitative estimate of drug-likeness (QED) is 0.465. The van der Waals surface area contributed by atoms with Gasteiger partial charge in [-0.25, -0.2) is 18.6 Å². The van der Waals surface area contributed by atoms with Crippen LogP contribution in [0.4, 0.5) is 14.6 Å². The summed E-state index contributed by atoms with van der Waals surface area (Å²) in [7, 11) is 0. The number of H-pyrrole nitrogens is 1. The Kier molecular flexibility index (Phi) is 2.88. The SMILES string of the molecule is O=Cc1c(C(F)F)cc(=O)[nH]c1[N+](=O)[O-]. The standard InChI is InChI=1S/C7H4F2N2O4/c8-6(9)3-1-5(13)10-7(11(14)15)4(3)2-12/h1-2,6H,(H,10,13). The zero-order valence-electron chi connectivity index (χ0n) is 7.07. The van der Waals surface area contributed by atoms with Crippen LogP contribution in [0.25, 0.3) is 0 Å². The van der Waals surface area contributed by atoms with Crippen LogP contribution < -0.4 is 5.56 Å². The zero-order valence-corrected chi connectivity index (χ0v) is 7.07. The van der Waals surface area contributed by atoms with E-state index in [9.17, 15) is 28.5 Å². The fraction of sp³-hybridized carbons (Fsp3) is 0.143. The molecule has 0 radical (unpaired) electrons. The molecule has 0 saturated heterocycles. The first-order chi connectivity index (χ1) is 6.97. The van der Waals surface area contributed by atoms with Gasteiger partial charge in [0.2, 0.25) is 0 Å². The van der Waals surface area contributed by atoms with Crippen LogP contribution in [0.15, 0.2) is 10.9 Å². The number of pyridine rings is 1. The number of rotatable bonds is 3. The van der Waals surface area contributed by atoms with Crippen molar-refractivity contribution in [2.24, 2.45) is 0 Å². The molecule has 0 aliphatic heterocycles. The van der Waals surface area contributed by atoms with Crippen molar-refractivity contribution in [3.63, 3.8) is 0 Å². The van der Waals surface area contributed by atoms with Crippen LogP contribution in [0.3, 0.4) is 0 Å². The van der Waals surface area contributed by atoms with Gasteiger partial charge < -0.3 is 10.1 Å². The van der Waals surface area contributed by atoms with E-state index in [0.29, 0.717) is 6.07 Å². The minimum atomic E-state index is -3.12. The van der Waals surface area contributed by atoms with Gasteiger partial charge in [-0.15, -0.1) is 0 Å². The number of aldehydes is 1. The fourth-order valence-electron chi connectivity index (χ4n) is 1.02. The number of alkyl halides is 2. The Hall–Kier alpha value is -2.12. The van der Waals surface area contributed by atoms with E-state index in [4.69, 9.17) is 0 Å². The summed E-state index contributed by atoms with van der Waals surface area (Å²) in [5.41, 5.74) is -2.81. The Labute approximate surface area is 80.7 Å². The molecule has 8 heteroatoms. The Morgan fingerprint density at radius 1 is 1.53 bits per heavy atom. The van der Waals surface area contributed by atoms with Crippen LogP contribution in [-0.4, -0.2) is 16.2 Å². The first kappa shape index (κ1) is 11.0. The maximum atomic E-state index is 12.3. The van der Waals surface area contributed by atoms with Gasteiger partial charge in [-0.05, 0) is 4.92 Å². The predicted octanol–water partition coefficient (Wildman–Crippen LogP) is 1.03. The van der Waals surface area contributed by atoms with E-state index >= 15 is 0 Å². The molecular formula is C7H4F2N2O4. The highest BCUT2D eigenvalue weighted by Crippen LogP contribution is 2.24. The highest BCUT2D eigenvalue weighted by atomic mass is 19.3. The summed E-state index contributed by atoms with van der Waals surface area (Å²) in [4.78, 5) is 32.1. The summed E-state index contributed by atoms with van der Waals surface area (Å²) in [6.45, 7) is 0. The lowest BCUT2D eigenvalue weighted by Gasteiger charge is -2.03. The predicted molar refractivity (Wildman–Crippen MR) is 44.1 cm³/mol. The van der Waals surface area contributed by atoms with Crippen molar-refractivity contribution in [1.29, 1.82) is 0 Å². The number of hydrogen-bond acceptors (Lipinski definition) is 4. The number of aromatic amines is 1. The van der Waals surface area contributed by atoms with Crippen molar-refractivity contribution in [3.8, 4) is 0 Å². The molecule has 0 unspecified atom stereocenters. The minimum absolute atomic E-state index is 0.0877. The molecule has 6 nitrogen and oxygen atoms in total. The molecule has 1 aromatic heterocycles. The minimum Gasteiger partial charge on any atom is -0.358 e. The van der Waals surface area contributed by atoms with Gasteiger partial charge in [-0.3, -0.25) is 4.79 Å². The lowest BCUT2D eigenvalue weighted by molar-refractivity contribution is -0.390. The summed E-state index contributed by atoms with van der Waals surface area (Å²) in [5.74, 6) is -1.02. The Bertz CT molecular complexity index is 469. The molecule has 15 heavy (non-hydrogen) atoms. The second-order valence-electron chi connectivity index (χ2n) is 2.53. The average molecular weight is 218 g/mol. The second kappa shape index (κ2) is 3.95. The molecule has 0 aliphatic carbocycles. The van der Waals surface area contributed by atoms with E-state index in [0.717, 1.165) is 0 Å². The van der Waals surface area contributed by atoms with Crippen LogP contribution >= 0.6 is 0 Å². The Morgan fingerprint density at radius 2 is 2.13 bits per heavy atom. The topological polar surface area (TPSA) is 93.1 Å². The highest BCUT2D eigenvalue weighted by molar-refractivity contribution is 5.82. The molecule has 0 spiro atoms. The van der Waals surface area contributed by atoms with E-state index in [1.807, 2.05) is 0 Å². The monoisotopic (exact) mass is 218 g/mol. The number of carbonyl (C=O) groups excluding carboxylic acids is 1. The van der Waals surface area contributed by atoms with Crippen LogP contribution in [0.2, 0.25) is 0 Å². The van der Waals surface area contributed by atoms with Crippen molar-refractivity contribution in [2.75, 3.05) is 0 Å². The lowest BCUT2D eigenvalue weighted by atomic mass is 10.1. The van der Waals surface area contributed by atoms with Crippen LogP contribution in [0.5, 0.6) is 0 Å². The third kappa shape index (κ3) is 2.03. The average Bonchev–Trinajstić information content (AvgIpc) is 2.16. The zero-order chi connectivity index (χ0) is 11.6. The molecule has 0 amide bonds. The number of aromatic nitrogens is 1. The number of nitro groups is 1. The highest BCUT2D eigenvalue weighted by Gasteiger charge is 2.23. The molecule has 0 aliphatic rings. The summed E-state index contributed by atoms with van der Waals surface area (Å²) in [6, 6.07) is 0.460. The summed E-state index contributed by atoms with van der Waals surface area (Å²) in [5, 5.41) is 10.3. The van der Waals surface area contributed by atoms with Crippen molar-refractivity contribution >= 4 is 12.1 Å². The molecule has 0 aromatic carbocycles. The third-order valence-electron chi connectivity index (χ3n) is 1.63. The molecule has 1 N–H and O–H groups in total. The lowest BCUT2D eigenvalue weighted by Crippen LogP contribution is -2.13. The molecule has 0 atom stereocenters. The van der Waals surface area contributed by atoms with Crippen molar-refractivity contribution in [2.45, 2.75) is 6.43 Å². The van der Waals surface area contributed by atoms with Crippen LogP contribution in [0.1, 0.15) is 22.3 Å². The largest absolute Gasteiger partial charge is 0.358 e. The van der Waals surface area contributed by atoms with Crippen LogP contribution in [0, 0.1) is 10.1 Å². The molecule has 80 valence electrons. The number of nitrogens with zero attached hydrogens (tertiary/aromatic N) is 1. The van der Waals surface area contributed by atoms with E-state index in [-0.39, 0.29) is 6.29 Å². The van der Waals surface area contributed by atoms with E-state index in [1.54, 1.807) is 4.98 Å². The van der Waals surface area contributed by atoms with Gasteiger partial charge in [0.05, 0.1) is 0 Å². The van der Waals surface area contributed by atoms with E-state index in [1.165, 1.54) is 0 Å². The summed E-state index contributed by atoms with van der Waals surface area (Å²) >= 11 is 0. The molecule has 0 bridgehead atoms. The van der Waals surface area contributed by atoms with Gasteiger partial charge in [-0.1, -0.05) is 0 Å². The fourth-order valence-corrected chi connectivity index (χ4v) is 1.02. The normalized spacial score (nSPS) is 10.3. The molecule has 0 saturated carbocycles. The Balaban J connectivity index is 3.59. The smallest absolute Gasteiger partial charge is 0.334 e. The first-order valence-electron chi connectivity index (χ1n) is 3.62. The molecular weight excluding hydrogens is 214 g/mol. The molecule has 1 rings (SSSR count). The number of halogens is 2. The maximum absolute atomic E-state index is 12.3. The maximum Gasteiger partial charge on any atom is 0.334 e. The first-order valence-corrected chi connectivity index (χ1v) is 3.62. The third-order valence-corrected chi connectivity index (χ3v) is 1.63. The number of nitrogens with one attached hydrogen (secondary N) is 1. The number of carbonyl (C=O) groups is 1. The summed E-state index contributed by atoms with van der Waals surface area (Å²) < 4.78 is 24.6. The molecule has 1 aromatic rings. The molecule has 0 fully saturated rings. The van der Waals surface area contributed by atoms with Gasteiger partial charge in [0, 0.05) is 11.6 Å². The van der Waals surface area contributed by atoms with Gasteiger partial charge in [0.1, 0.15) is 5.56 Å². The van der Waals surface area contributed by atoms with Crippen molar-refractivity contribution < 1.29 is 18.5 Å². The molecule has 1 heterocycles. The van der Waals surface area contributed by atoms with Crippen molar-refractivity contribution in [1.82, 2.24) is 4.98 Å². The van der Waals surface area contributed by atoms with E-state index in [2.05, 4.69) is 0 Å². The number of hydrogen-bond donors (Lipinski definition) is 1. The van der Waals surface area contributed by atoms with Crippen LogP contribution in [-0.2, 0) is 0 Å². The van der Waals surface area contributed by atoms with Gasteiger partial charge >= 0.3 is 11.4 Å². The Morgan fingerprint density at radius 3 is 2.53 bits per heavy atom. The van der Waals surface area contributed by atoms with Crippen molar-refractivity contribution in [3.05, 3.63) is 37.7 Å². The second-order valence-corrected chi connectivity index (χ2v) is 2.53. The van der Waals surface area contributed by atoms with E-state index < -0.39 is 33.9 Å². The van der Waals surface area contributed by atoms with Gasteiger partial charge in [-0.2, -0.15) is 0 Å². The van der Waals surface area contributed by atoms with Gasteiger partial charge in [0.15, 0.2) is 6.29 Å². The van der Waals surface area contributed by atoms with Gasteiger partial charge in [0.25, 0.3) is 6.43 Å². The summed E-state index contributed by atoms with van der Waals surface area (Å²) in [6.07, 6.45) is -3.21.